The number of unbranched alkanes of at least 4 members (excludes halogenated alkanes) is 9. The van der Waals surface area contributed by atoms with Crippen LogP contribution in [0.15, 0.2) is 0 Å². The maximum absolute atomic E-state index is 12.0. The van der Waals surface area contributed by atoms with Crippen LogP contribution in [0.3, 0.4) is 0 Å². The number of hydrogen-bond acceptors (Lipinski definition) is 6. The van der Waals surface area contributed by atoms with Crippen LogP contribution < -0.4 is 11.1 Å². The van der Waals surface area contributed by atoms with Crippen molar-refractivity contribution >= 4 is 17.8 Å². The quantitative estimate of drug-likeness (QED) is 0.224. The average molecular weight is 471 g/mol. The first kappa shape index (κ1) is 31.4. The Hall–Kier alpha value is -1.63. The van der Waals surface area contributed by atoms with Crippen molar-refractivity contribution in [3.8, 4) is 0 Å². The molecule has 33 heavy (non-hydrogen) atoms. The van der Waals surface area contributed by atoms with Crippen LogP contribution in [0.2, 0.25) is 0 Å². The monoisotopic (exact) mass is 470 g/mol. The molecular formula is C26H50N2O5. The van der Waals surface area contributed by atoms with Crippen LogP contribution >= 0.6 is 0 Å². The highest BCUT2D eigenvalue weighted by Gasteiger charge is 2.19. The van der Waals surface area contributed by atoms with E-state index in [1.54, 1.807) is 0 Å². The van der Waals surface area contributed by atoms with Gasteiger partial charge < -0.3 is 20.5 Å². The Morgan fingerprint density at radius 1 is 0.667 bits per heavy atom. The standard InChI is InChI=1S/C26H50N2O5/c1-25(2,3)32-22(29)17-15-13-11-9-7-8-10-12-14-16-20-28-24(31)21(27)18-19-23(30)33-26(4,5)6/h21H,7-20,27H2,1-6H3,(H,28,31)/t21-/m0/s1. The second kappa shape index (κ2) is 16.9. The smallest absolute Gasteiger partial charge is 0.306 e. The molecule has 0 aromatic heterocycles. The second-order valence-electron chi connectivity index (χ2n) is 10.9. The zero-order valence-electron chi connectivity index (χ0n) is 22.1. The Labute approximate surface area is 201 Å². The van der Waals surface area contributed by atoms with E-state index in [0.29, 0.717) is 19.4 Å². The van der Waals surface area contributed by atoms with Crippen molar-refractivity contribution in [2.24, 2.45) is 5.73 Å². The molecule has 7 heteroatoms. The van der Waals surface area contributed by atoms with Gasteiger partial charge in [-0.25, -0.2) is 0 Å². The van der Waals surface area contributed by atoms with E-state index in [1.807, 2.05) is 41.5 Å². The summed E-state index contributed by atoms with van der Waals surface area (Å²) in [7, 11) is 0. The average Bonchev–Trinajstić information content (AvgIpc) is 2.66. The summed E-state index contributed by atoms with van der Waals surface area (Å²) in [5.74, 6) is -0.627. The minimum Gasteiger partial charge on any atom is -0.460 e. The molecule has 7 nitrogen and oxygen atoms in total. The van der Waals surface area contributed by atoms with Crippen LogP contribution in [0.4, 0.5) is 0 Å². The van der Waals surface area contributed by atoms with E-state index >= 15 is 0 Å². The number of hydrogen-bond donors (Lipinski definition) is 2. The molecule has 0 fully saturated rings. The van der Waals surface area contributed by atoms with Gasteiger partial charge in [0.25, 0.3) is 0 Å². The van der Waals surface area contributed by atoms with Gasteiger partial charge in [-0.2, -0.15) is 0 Å². The van der Waals surface area contributed by atoms with E-state index in [4.69, 9.17) is 15.2 Å². The topological polar surface area (TPSA) is 108 Å². The highest BCUT2D eigenvalue weighted by atomic mass is 16.6. The van der Waals surface area contributed by atoms with Crippen molar-refractivity contribution in [3.05, 3.63) is 0 Å². The lowest BCUT2D eigenvalue weighted by atomic mass is 10.1. The first-order valence-electron chi connectivity index (χ1n) is 12.8. The van der Waals surface area contributed by atoms with Crippen molar-refractivity contribution in [2.75, 3.05) is 6.54 Å². The minimum atomic E-state index is -0.679. The number of esters is 2. The molecule has 0 radical (unpaired) electrons. The first-order chi connectivity index (χ1) is 15.3. The molecule has 0 aromatic carbocycles. The summed E-state index contributed by atoms with van der Waals surface area (Å²) in [6.07, 6.45) is 12.2. The van der Waals surface area contributed by atoms with Gasteiger partial charge in [0.05, 0.1) is 6.04 Å². The summed E-state index contributed by atoms with van der Waals surface area (Å²) in [4.78, 5) is 35.3. The van der Waals surface area contributed by atoms with Gasteiger partial charge in [0, 0.05) is 19.4 Å². The molecule has 0 heterocycles. The molecule has 0 aliphatic carbocycles. The molecule has 0 aliphatic heterocycles. The number of nitrogens with one attached hydrogen (secondary N) is 1. The fourth-order valence-corrected chi connectivity index (χ4v) is 3.34. The number of carbonyl (C=O) groups excluding carboxylic acids is 3. The summed E-state index contributed by atoms with van der Waals surface area (Å²) in [6.45, 7) is 11.8. The summed E-state index contributed by atoms with van der Waals surface area (Å²) in [5.41, 5.74) is 4.95. The normalized spacial score (nSPS) is 12.8. The molecular weight excluding hydrogens is 420 g/mol. The molecule has 0 unspecified atom stereocenters. The lowest BCUT2D eigenvalue weighted by molar-refractivity contribution is -0.156. The third-order valence-corrected chi connectivity index (χ3v) is 4.94. The van der Waals surface area contributed by atoms with Gasteiger partial charge in [0.15, 0.2) is 0 Å². The fourth-order valence-electron chi connectivity index (χ4n) is 3.34. The molecule has 0 spiro atoms. The maximum atomic E-state index is 12.0. The van der Waals surface area contributed by atoms with Crippen LogP contribution in [0.5, 0.6) is 0 Å². The number of nitrogens with two attached hydrogens (primary N) is 1. The van der Waals surface area contributed by atoms with Gasteiger partial charge in [0.1, 0.15) is 11.2 Å². The van der Waals surface area contributed by atoms with E-state index in [2.05, 4.69) is 5.32 Å². The van der Waals surface area contributed by atoms with Gasteiger partial charge in [-0.1, -0.05) is 51.4 Å². The third-order valence-electron chi connectivity index (χ3n) is 4.94. The van der Waals surface area contributed by atoms with Crippen LogP contribution in [0, 0.1) is 0 Å². The van der Waals surface area contributed by atoms with Crippen LogP contribution in [-0.2, 0) is 23.9 Å². The molecule has 3 N–H and O–H groups in total. The molecule has 1 amide bonds. The number of amides is 1. The van der Waals surface area contributed by atoms with Gasteiger partial charge in [-0.3, -0.25) is 14.4 Å². The van der Waals surface area contributed by atoms with Crippen molar-refractivity contribution in [1.82, 2.24) is 5.32 Å². The molecule has 0 aliphatic rings. The van der Waals surface area contributed by atoms with Crippen molar-refractivity contribution in [1.29, 1.82) is 0 Å². The fraction of sp³-hybridized carbons (Fsp3) is 0.885. The van der Waals surface area contributed by atoms with Crippen molar-refractivity contribution < 1.29 is 23.9 Å². The minimum absolute atomic E-state index is 0.0959. The van der Waals surface area contributed by atoms with Crippen LogP contribution in [0.1, 0.15) is 125 Å². The molecule has 0 rings (SSSR count). The number of rotatable bonds is 17. The molecule has 0 saturated heterocycles. The van der Waals surface area contributed by atoms with E-state index in [1.165, 1.54) is 38.5 Å². The van der Waals surface area contributed by atoms with Gasteiger partial charge in [-0.15, -0.1) is 0 Å². The number of ether oxygens (including phenoxy) is 2. The zero-order chi connectivity index (χ0) is 25.3. The van der Waals surface area contributed by atoms with E-state index in [-0.39, 0.29) is 24.3 Å². The Morgan fingerprint density at radius 3 is 1.52 bits per heavy atom. The molecule has 194 valence electrons. The first-order valence-corrected chi connectivity index (χ1v) is 12.8. The zero-order valence-corrected chi connectivity index (χ0v) is 22.1. The second-order valence-corrected chi connectivity index (χ2v) is 10.9. The van der Waals surface area contributed by atoms with E-state index in [0.717, 1.165) is 25.7 Å². The van der Waals surface area contributed by atoms with E-state index in [9.17, 15) is 14.4 Å². The van der Waals surface area contributed by atoms with Crippen LogP contribution in [0.25, 0.3) is 0 Å². The summed E-state index contributed by atoms with van der Waals surface area (Å²) in [6, 6.07) is -0.679. The Morgan fingerprint density at radius 2 is 1.06 bits per heavy atom. The lowest BCUT2D eigenvalue weighted by Crippen LogP contribution is -2.41. The van der Waals surface area contributed by atoms with E-state index < -0.39 is 17.2 Å². The van der Waals surface area contributed by atoms with Gasteiger partial charge >= 0.3 is 11.9 Å². The Bertz CT molecular complexity index is 564. The van der Waals surface area contributed by atoms with Crippen molar-refractivity contribution in [2.45, 2.75) is 142 Å². The SMILES string of the molecule is CC(C)(C)OC(=O)CCCCCCCCCCCCNC(=O)[C@@H](N)CCC(=O)OC(C)(C)C. The Kier molecular flexibility index (Phi) is 16.1. The Balaban J connectivity index is 3.50. The molecule has 0 aromatic rings. The molecule has 0 saturated carbocycles. The molecule has 1 atom stereocenters. The van der Waals surface area contributed by atoms with Gasteiger partial charge in [-0.05, 0) is 60.8 Å². The third kappa shape index (κ3) is 22.0. The molecule has 0 bridgehead atoms. The summed E-state index contributed by atoms with van der Waals surface area (Å²) in [5, 5.41) is 2.86. The predicted octanol–water partition coefficient (Wildman–Crippen LogP) is 5.18. The maximum Gasteiger partial charge on any atom is 0.306 e. The largest absolute Gasteiger partial charge is 0.460 e. The summed E-state index contributed by atoms with van der Waals surface area (Å²) < 4.78 is 10.5. The highest BCUT2D eigenvalue weighted by Crippen LogP contribution is 2.14. The van der Waals surface area contributed by atoms with Crippen molar-refractivity contribution in [3.63, 3.8) is 0 Å². The predicted molar refractivity (Wildman–Crippen MR) is 133 cm³/mol. The lowest BCUT2D eigenvalue weighted by Gasteiger charge is -2.20. The van der Waals surface area contributed by atoms with Crippen LogP contribution in [-0.4, -0.2) is 41.6 Å². The highest BCUT2D eigenvalue weighted by molar-refractivity contribution is 5.82. The van der Waals surface area contributed by atoms with Gasteiger partial charge in [0.2, 0.25) is 5.91 Å². The summed E-state index contributed by atoms with van der Waals surface area (Å²) >= 11 is 0. The number of carbonyl (C=O) groups is 3.